The maximum atomic E-state index is 12.0. The van der Waals surface area contributed by atoms with Crippen molar-refractivity contribution in [2.75, 3.05) is 11.1 Å². The summed E-state index contributed by atoms with van der Waals surface area (Å²) in [5.41, 5.74) is 6.18. The molecule has 0 aliphatic heterocycles. The number of halogens is 1. The number of hydrogen-bond acceptors (Lipinski definition) is 3. The number of nitrogen functional groups attached to an aromatic ring is 1. The van der Waals surface area contributed by atoms with Gasteiger partial charge in [-0.2, -0.15) is 0 Å². The molecule has 0 aromatic carbocycles. The van der Waals surface area contributed by atoms with Crippen LogP contribution in [0.15, 0.2) is 16.7 Å². The third kappa shape index (κ3) is 1.92. The van der Waals surface area contributed by atoms with E-state index in [2.05, 4.69) is 26.2 Å². The van der Waals surface area contributed by atoms with Crippen LogP contribution in [-0.4, -0.2) is 10.9 Å². The zero-order valence-electron chi connectivity index (χ0n) is 9.32. The fourth-order valence-corrected chi connectivity index (χ4v) is 3.42. The molecule has 5 heteroatoms. The first-order valence-electron chi connectivity index (χ1n) is 5.88. The molecule has 1 amide bonds. The van der Waals surface area contributed by atoms with Crippen molar-refractivity contribution in [1.82, 2.24) is 4.98 Å². The van der Waals surface area contributed by atoms with Gasteiger partial charge in [-0.15, -0.1) is 0 Å². The Labute approximate surface area is 108 Å². The molecule has 2 fully saturated rings. The Kier molecular flexibility index (Phi) is 2.58. The highest BCUT2D eigenvalue weighted by molar-refractivity contribution is 9.10. The monoisotopic (exact) mass is 295 g/mol. The lowest BCUT2D eigenvalue weighted by molar-refractivity contribution is -0.118. The molecule has 2 unspecified atom stereocenters. The zero-order chi connectivity index (χ0) is 12.0. The first kappa shape index (κ1) is 11.0. The van der Waals surface area contributed by atoms with Gasteiger partial charge in [0.15, 0.2) is 0 Å². The standard InChI is InChI=1S/C12H14BrN3O/c13-9-4-6(14)5-15-11(9)16-12(17)10-7-2-1-3-8(7)10/h4-5,7-8,10H,1-3,14H2,(H,15,16,17). The number of anilines is 2. The van der Waals surface area contributed by atoms with Gasteiger partial charge in [-0.05, 0) is 46.7 Å². The molecule has 1 aromatic rings. The fourth-order valence-electron chi connectivity index (χ4n) is 2.96. The molecule has 0 bridgehead atoms. The van der Waals surface area contributed by atoms with E-state index in [0.29, 0.717) is 23.3 Å². The molecular formula is C12H14BrN3O. The van der Waals surface area contributed by atoms with Gasteiger partial charge < -0.3 is 11.1 Å². The SMILES string of the molecule is Nc1cnc(NC(=O)C2C3CCCC32)c(Br)c1. The summed E-state index contributed by atoms with van der Waals surface area (Å²) < 4.78 is 0.733. The predicted octanol–water partition coefficient (Wildman–Crippen LogP) is 2.41. The minimum atomic E-state index is 0.109. The fraction of sp³-hybridized carbons (Fsp3) is 0.500. The molecule has 4 nitrogen and oxygen atoms in total. The number of nitrogens with zero attached hydrogens (tertiary/aromatic N) is 1. The molecule has 0 spiro atoms. The van der Waals surface area contributed by atoms with E-state index < -0.39 is 0 Å². The highest BCUT2D eigenvalue weighted by atomic mass is 79.9. The van der Waals surface area contributed by atoms with Gasteiger partial charge in [0.25, 0.3) is 0 Å². The van der Waals surface area contributed by atoms with Crippen molar-refractivity contribution in [2.45, 2.75) is 19.3 Å². The number of fused-ring (bicyclic) bond motifs is 1. The number of carbonyl (C=O) groups excluding carboxylic acids is 1. The minimum Gasteiger partial charge on any atom is -0.397 e. The molecule has 17 heavy (non-hydrogen) atoms. The van der Waals surface area contributed by atoms with Gasteiger partial charge in [-0.3, -0.25) is 4.79 Å². The van der Waals surface area contributed by atoms with E-state index in [9.17, 15) is 4.79 Å². The molecule has 90 valence electrons. The Morgan fingerprint density at radius 1 is 1.47 bits per heavy atom. The lowest BCUT2D eigenvalue weighted by atomic mass is 10.1. The van der Waals surface area contributed by atoms with Crippen LogP contribution in [-0.2, 0) is 4.79 Å². The third-order valence-electron chi connectivity index (χ3n) is 3.81. The van der Waals surface area contributed by atoms with Gasteiger partial charge in [-0.1, -0.05) is 6.42 Å². The molecule has 2 saturated carbocycles. The van der Waals surface area contributed by atoms with Gasteiger partial charge in [-0.25, -0.2) is 4.98 Å². The van der Waals surface area contributed by atoms with Crippen LogP contribution in [0.1, 0.15) is 19.3 Å². The Bertz CT molecular complexity index is 467. The summed E-state index contributed by atoms with van der Waals surface area (Å²) in [5.74, 6) is 2.15. The average molecular weight is 296 g/mol. The van der Waals surface area contributed by atoms with E-state index in [1.54, 1.807) is 12.3 Å². The Morgan fingerprint density at radius 2 is 2.18 bits per heavy atom. The molecule has 3 N–H and O–H groups in total. The summed E-state index contributed by atoms with van der Waals surface area (Å²) in [6.45, 7) is 0. The number of nitrogens with one attached hydrogen (secondary N) is 1. The highest BCUT2D eigenvalue weighted by Gasteiger charge is 2.56. The molecule has 1 heterocycles. The van der Waals surface area contributed by atoms with E-state index in [4.69, 9.17) is 5.73 Å². The molecule has 2 aliphatic carbocycles. The normalized spacial score (nSPS) is 29.8. The lowest BCUT2D eigenvalue weighted by Crippen LogP contribution is -2.17. The zero-order valence-corrected chi connectivity index (χ0v) is 10.9. The van der Waals surface area contributed by atoms with Crippen LogP contribution in [0, 0.1) is 17.8 Å². The van der Waals surface area contributed by atoms with Crippen molar-refractivity contribution in [3.8, 4) is 0 Å². The first-order chi connectivity index (χ1) is 8.16. The summed E-state index contributed by atoms with van der Waals surface area (Å²) >= 11 is 3.35. The van der Waals surface area contributed by atoms with Gasteiger partial charge in [0, 0.05) is 5.92 Å². The summed E-state index contributed by atoms with van der Waals surface area (Å²) in [6.07, 6.45) is 5.25. The summed E-state index contributed by atoms with van der Waals surface area (Å²) in [5, 5.41) is 2.88. The average Bonchev–Trinajstić information content (AvgIpc) is 2.77. The van der Waals surface area contributed by atoms with Crippen LogP contribution in [0.5, 0.6) is 0 Å². The molecule has 2 atom stereocenters. The summed E-state index contributed by atoms with van der Waals surface area (Å²) in [7, 11) is 0. The lowest BCUT2D eigenvalue weighted by Gasteiger charge is -2.07. The number of nitrogens with two attached hydrogens (primary N) is 1. The molecule has 3 rings (SSSR count). The van der Waals surface area contributed by atoms with Crippen LogP contribution in [0.2, 0.25) is 0 Å². The van der Waals surface area contributed by atoms with E-state index >= 15 is 0 Å². The van der Waals surface area contributed by atoms with Crippen LogP contribution in [0.25, 0.3) is 0 Å². The van der Waals surface area contributed by atoms with Gasteiger partial charge in [0.05, 0.1) is 16.4 Å². The molecule has 1 aromatic heterocycles. The Balaban J connectivity index is 1.69. The minimum absolute atomic E-state index is 0.109. The second-order valence-corrected chi connectivity index (χ2v) is 5.73. The number of carbonyl (C=O) groups is 1. The van der Waals surface area contributed by atoms with E-state index in [1.807, 2.05) is 0 Å². The summed E-state index contributed by atoms with van der Waals surface area (Å²) in [4.78, 5) is 16.1. The maximum absolute atomic E-state index is 12.0. The molecular weight excluding hydrogens is 282 g/mol. The smallest absolute Gasteiger partial charge is 0.229 e. The van der Waals surface area contributed by atoms with Crippen LogP contribution in [0.4, 0.5) is 11.5 Å². The van der Waals surface area contributed by atoms with E-state index in [1.165, 1.54) is 19.3 Å². The quantitative estimate of drug-likeness (QED) is 0.880. The number of hydrogen-bond donors (Lipinski definition) is 2. The maximum Gasteiger partial charge on any atom is 0.229 e. The Morgan fingerprint density at radius 3 is 2.82 bits per heavy atom. The molecule has 0 saturated heterocycles. The largest absolute Gasteiger partial charge is 0.397 e. The van der Waals surface area contributed by atoms with Crippen molar-refractivity contribution in [3.05, 3.63) is 16.7 Å². The third-order valence-corrected chi connectivity index (χ3v) is 4.42. The van der Waals surface area contributed by atoms with Crippen molar-refractivity contribution in [2.24, 2.45) is 17.8 Å². The molecule has 0 radical (unpaired) electrons. The summed E-state index contributed by atoms with van der Waals surface area (Å²) in [6, 6.07) is 1.75. The van der Waals surface area contributed by atoms with E-state index in [0.717, 1.165) is 4.47 Å². The van der Waals surface area contributed by atoms with Crippen molar-refractivity contribution >= 4 is 33.3 Å². The van der Waals surface area contributed by atoms with Crippen molar-refractivity contribution in [3.63, 3.8) is 0 Å². The van der Waals surface area contributed by atoms with Crippen LogP contribution < -0.4 is 11.1 Å². The number of amides is 1. The van der Waals surface area contributed by atoms with Gasteiger partial charge in [0.2, 0.25) is 5.91 Å². The predicted molar refractivity (Wildman–Crippen MR) is 69.3 cm³/mol. The van der Waals surface area contributed by atoms with Gasteiger partial charge >= 0.3 is 0 Å². The van der Waals surface area contributed by atoms with Gasteiger partial charge in [0.1, 0.15) is 5.82 Å². The Hall–Kier alpha value is -1.10. The van der Waals surface area contributed by atoms with Crippen molar-refractivity contribution in [1.29, 1.82) is 0 Å². The molecule has 2 aliphatic rings. The number of rotatable bonds is 2. The van der Waals surface area contributed by atoms with E-state index in [-0.39, 0.29) is 11.8 Å². The van der Waals surface area contributed by atoms with Crippen molar-refractivity contribution < 1.29 is 4.79 Å². The second-order valence-electron chi connectivity index (χ2n) is 4.87. The number of pyridine rings is 1. The van der Waals surface area contributed by atoms with Crippen LogP contribution >= 0.6 is 15.9 Å². The topological polar surface area (TPSA) is 68.0 Å². The van der Waals surface area contributed by atoms with Crippen LogP contribution in [0.3, 0.4) is 0 Å². The highest BCUT2D eigenvalue weighted by Crippen LogP contribution is 2.57. The second kappa shape index (κ2) is 3.98. The number of aromatic nitrogens is 1. The first-order valence-corrected chi connectivity index (χ1v) is 6.68.